The number of hydrogen-bond donors (Lipinski definition) is 1. The molecular formula is C8H13N3O4. The summed E-state index contributed by atoms with van der Waals surface area (Å²) in [5, 5.41) is 24.1. The van der Waals surface area contributed by atoms with Crippen LogP contribution in [-0.2, 0) is 0 Å². The average Bonchev–Trinajstić information content (AvgIpc) is 2.15. The van der Waals surface area contributed by atoms with E-state index in [2.05, 4.69) is 5.32 Å². The first-order valence-electron chi connectivity index (χ1n) is 5.09. The van der Waals surface area contributed by atoms with Gasteiger partial charge < -0.3 is 0 Å². The second kappa shape index (κ2) is 3.73. The normalized spacial score (nSPS) is 39.7. The highest BCUT2D eigenvalue weighted by molar-refractivity contribution is 4.89. The van der Waals surface area contributed by atoms with Gasteiger partial charge in [-0.15, -0.1) is 0 Å². The molecule has 1 saturated carbocycles. The highest BCUT2D eigenvalue weighted by atomic mass is 16.6. The Morgan fingerprint density at radius 2 is 1.73 bits per heavy atom. The zero-order valence-electron chi connectivity index (χ0n) is 8.17. The summed E-state index contributed by atoms with van der Waals surface area (Å²) in [5.74, 6) is 0.135. The molecule has 2 aliphatic rings. The lowest BCUT2D eigenvalue weighted by Crippen LogP contribution is -2.54. The predicted octanol–water partition coefficient (Wildman–Crippen LogP) is 0.397. The summed E-state index contributed by atoms with van der Waals surface area (Å²) < 4.78 is 0. The fraction of sp³-hybridized carbons (Fsp3) is 1.00. The van der Waals surface area contributed by atoms with E-state index in [-0.39, 0.29) is 21.8 Å². The molecule has 7 heteroatoms. The van der Waals surface area contributed by atoms with Crippen LogP contribution in [0.4, 0.5) is 0 Å². The van der Waals surface area contributed by atoms with Crippen LogP contribution >= 0.6 is 0 Å². The second-order valence-corrected chi connectivity index (χ2v) is 4.41. The first-order chi connectivity index (χ1) is 7.06. The van der Waals surface area contributed by atoms with Gasteiger partial charge in [-0.3, -0.25) is 25.5 Å². The van der Waals surface area contributed by atoms with Crippen LogP contribution in [0.3, 0.4) is 0 Å². The zero-order valence-corrected chi connectivity index (χ0v) is 8.17. The lowest BCUT2D eigenvalue weighted by Gasteiger charge is -2.37. The van der Waals surface area contributed by atoms with Gasteiger partial charge in [0.15, 0.2) is 0 Å². The summed E-state index contributed by atoms with van der Waals surface area (Å²) in [6, 6.07) is -0.572. The monoisotopic (exact) mass is 215 g/mol. The topological polar surface area (TPSA) is 98.3 Å². The molecule has 4 unspecified atom stereocenters. The zero-order chi connectivity index (χ0) is 11.0. The molecule has 0 amide bonds. The first-order valence-corrected chi connectivity index (χ1v) is 5.09. The summed E-state index contributed by atoms with van der Waals surface area (Å²) in [6.07, 6.45) is 1.48. The van der Waals surface area contributed by atoms with Crippen molar-refractivity contribution in [2.75, 3.05) is 0 Å². The predicted molar refractivity (Wildman–Crippen MR) is 50.4 cm³/mol. The molecule has 7 nitrogen and oxygen atoms in total. The van der Waals surface area contributed by atoms with Gasteiger partial charge >= 0.3 is 0 Å². The third-order valence-corrected chi connectivity index (χ3v) is 3.32. The average molecular weight is 215 g/mol. The molecule has 1 saturated heterocycles. The minimum Gasteiger partial charge on any atom is -0.264 e. The molecule has 0 aromatic carbocycles. The van der Waals surface area contributed by atoms with Crippen LogP contribution in [0.15, 0.2) is 0 Å². The van der Waals surface area contributed by atoms with Crippen LogP contribution in [-0.4, -0.2) is 28.1 Å². The minimum absolute atomic E-state index is 0.0525. The number of hydrogen-bond acceptors (Lipinski definition) is 5. The van der Waals surface area contributed by atoms with Gasteiger partial charge in [0, 0.05) is 35.2 Å². The van der Waals surface area contributed by atoms with Gasteiger partial charge in [-0.05, 0) is 12.3 Å². The van der Waals surface area contributed by atoms with Crippen molar-refractivity contribution in [3.8, 4) is 0 Å². The molecular weight excluding hydrogens is 202 g/mol. The Balaban J connectivity index is 2.02. The van der Waals surface area contributed by atoms with E-state index in [1.807, 2.05) is 0 Å². The number of fused-ring (bicyclic) bond motifs is 2. The van der Waals surface area contributed by atoms with Crippen molar-refractivity contribution in [2.24, 2.45) is 5.92 Å². The van der Waals surface area contributed by atoms with Gasteiger partial charge in [0.05, 0.1) is 0 Å². The van der Waals surface area contributed by atoms with Crippen molar-refractivity contribution in [1.29, 1.82) is 0 Å². The van der Waals surface area contributed by atoms with Crippen molar-refractivity contribution in [1.82, 2.24) is 5.32 Å². The van der Waals surface area contributed by atoms with Crippen molar-refractivity contribution in [3.63, 3.8) is 0 Å². The van der Waals surface area contributed by atoms with Gasteiger partial charge in [0.2, 0.25) is 6.04 Å². The van der Waals surface area contributed by atoms with Crippen LogP contribution in [0.25, 0.3) is 0 Å². The Labute approximate surface area is 86.1 Å². The number of rotatable bonds is 2. The molecule has 84 valence electrons. The van der Waals surface area contributed by atoms with Crippen molar-refractivity contribution >= 4 is 0 Å². The van der Waals surface area contributed by atoms with Crippen LogP contribution in [0.2, 0.25) is 0 Å². The SMILES string of the molecule is O=[N+]([O-])C1CC2CC(C1)NC([N+](=O)[O-])C2. The van der Waals surface area contributed by atoms with Crippen LogP contribution in [0, 0.1) is 26.1 Å². The third-order valence-electron chi connectivity index (χ3n) is 3.32. The minimum atomic E-state index is -0.707. The third kappa shape index (κ3) is 2.06. The number of piperidine rings is 1. The second-order valence-electron chi connectivity index (χ2n) is 4.41. The summed E-state index contributed by atoms with van der Waals surface area (Å²) in [4.78, 5) is 20.7. The quantitative estimate of drug-likeness (QED) is 0.531. The van der Waals surface area contributed by atoms with Gasteiger partial charge in [-0.1, -0.05) is 0 Å². The first kappa shape index (κ1) is 10.3. The van der Waals surface area contributed by atoms with Crippen LogP contribution in [0.1, 0.15) is 25.7 Å². The van der Waals surface area contributed by atoms with E-state index in [4.69, 9.17) is 0 Å². The van der Waals surface area contributed by atoms with E-state index >= 15 is 0 Å². The summed E-state index contributed by atoms with van der Waals surface area (Å²) >= 11 is 0. The van der Waals surface area contributed by atoms with Gasteiger partial charge in [0.25, 0.3) is 6.17 Å². The number of nitrogens with zero attached hydrogens (tertiary/aromatic N) is 2. The Morgan fingerprint density at radius 3 is 2.27 bits per heavy atom. The highest BCUT2D eigenvalue weighted by Gasteiger charge is 2.43. The van der Waals surface area contributed by atoms with E-state index in [9.17, 15) is 20.2 Å². The van der Waals surface area contributed by atoms with E-state index < -0.39 is 12.2 Å². The van der Waals surface area contributed by atoms with Crippen LogP contribution in [0.5, 0.6) is 0 Å². The standard InChI is InChI=1S/C8H13N3O4/c12-10(13)7-2-5-1-6(4-7)9-8(3-5)11(14)15/h5-9H,1-4H2. The summed E-state index contributed by atoms with van der Waals surface area (Å²) in [7, 11) is 0. The smallest absolute Gasteiger partial charge is 0.264 e. The van der Waals surface area contributed by atoms with E-state index in [1.165, 1.54) is 0 Å². The number of nitrogens with one attached hydrogen (secondary N) is 1. The molecule has 2 bridgehead atoms. The highest BCUT2D eigenvalue weighted by Crippen LogP contribution is 2.33. The molecule has 2 fully saturated rings. The van der Waals surface area contributed by atoms with Gasteiger partial charge in [-0.2, -0.15) is 0 Å². The molecule has 0 aromatic heterocycles. The Kier molecular flexibility index (Phi) is 2.56. The Hall–Kier alpha value is -1.24. The molecule has 15 heavy (non-hydrogen) atoms. The molecule has 1 N–H and O–H groups in total. The number of nitro groups is 2. The van der Waals surface area contributed by atoms with Crippen molar-refractivity contribution in [2.45, 2.75) is 43.9 Å². The molecule has 2 rings (SSSR count). The van der Waals surface area contributed by atoms with Crippen LogP contribution < -0.4 is 5.32 Å². The maximum atomic E-state index is 10.6. The van der Waals surface area contributed by atoms with Gasteiger partial charge in [0.1, 0.15) is 0 Å². The molecule has 1 heterocycles. The largest absolute Gasteiger partial charge is 0.266 e. The lowest BCUT2D eigenvalue weighted by atomic mass is 9.77. The Bertz CT molecular complexity index is 256. The molecule has 1 aliphatic heterocycles. The molecule has 0 radical (unpaired) electrons. The Morgan fingerprint density at radius 1 is 1.00 bits per heavy atom. The van der Waals surface area contributed by atoms with E-state index in [1.54, 1.807) is 0 Å². The molecule has 0 aromatic rings. The van der Waals surface area contributed by atoms with Crippen molar-refractivity contribution < 1.29 is 9.85 Å². The molecule has 4 atom stereocenters. The fourth-order valence-electron chi connectivity index (χ4n) is 2.71. The summed E-state index contributed by atoms with van der Waals surface area (Å²) in [6.45, 7) is 0. The molecule has 1 aliphatic carbocycles. The maximum absolute atomic E-state index is 10.6. The summed E-state index contributed by atoms with van der Waals surface area (Å²) in [5.41, 5.74) is 0. The van der Waals surface area contributed by atoms with E-state index in [0.29, 0.717) is 19.3 Å². The lowest BCUT2D eigenvalue weighted by molar-refractivity contribution is -0.548. The van der Waals surface area contributed by atoms with E-state index in [0.717, 1.165) is 6.42 Å². The van der Waals surface area contributed by atoms with Crippen molar-refractivity contribution in [3.05, 3.63) is 20.2 Å². The fourth-order valence-corrected chi connectivity index (χ4v) is 2.71. The van der Waals surface area contributed by atoms with Gasteiger partial charge in [-0.25, -0.2) is 0 Å². The molecule has 0 spiro atoms. The maximum Gasteiger partial charge on any atom is 0.266 e.